The first kappa shape index (κ1) is 24.3. The van der Waals surface area contributed by atoms with Gasteiger partial charge in [0.15, 0.2) is 0 Å². The number of aromatic amines is 1. The molecule has 40 heavy (non-hydrogen) atoms. The molecule has 3 aliphatic rings. The van der Waals surface area contributed by atoms with E-state index >= 15 is 0 Å². The summed E-state index contributed by atoms with van der Waals surface area (Å²) in [5.74, 6) is -2.98. The summed E-state index contributed by atoms with van der Waals surface area (Å²) in [6.45, 7) is 3.33. The molecule has 1 aromatic heterocycles. The molecule has 0 radical (unpaired) electrons. The number of aromatic nitrogens is 1. The number of carbonyl (C=O) groups is 4. The Bertz CT molecular complexity index is 1740. The van der Waals surface area contributed by atoms with E-state index in [9.17, 15) is 19.2 Å². The Balaban J connectivity index is 1.34. The predicted octanol–water partition coefficient (Wildman–Crippen LogP) is 3.60. The molecule has 0 bridgehead atoms. The number of benzene rings is 3. The zero-order chi connectivity index (χ0) is 27.8. The lowest BCUT2D eigenvalue weighted by molar-refractivity contribution is -0.130. The smallest absolute Gasteiger partial charge is 0.250 e. The summed E-state index contributed by atoms with van der Waals surface area (Å²) in [7, 11) is 0. The van der Waals surface area contributed by atoms with Crippen LogP contribution in [0.3, 0.4) is 0 Å². The van der Waals surface area contributed by atoms with Gasteiger partial charge in [0, 0.05) is 47.0 Å². The van der Waals surface area contributed by atoms with Gasteiger partial charge >= 0.3 is 0 Å². The molecule has 4 aromatic rings. The van der Waals surface area contributed by atoms with Gasteiger partial charge in [-0.3, -0.25) is 24.5 Å². The number of imide groups is 1. The molecule has 4 amide bonds. The second-order valence-electron chi connectivity index (χ2n) is 10.8. The zero-order valence-electron chi connectivity index (χ0n) is 21.9. The van der Waals surface area contributed by atoms with Crippen molar-refractivity contribution in [3.63, 3.8) is 0 Å². The van der Waals surface area contributed by atoms with Gasteiger partial charge in [-0.25, -0.2) is 4.90 Å². The largest absolute Gasteiger partial charge is 0.361 e. The van der Waals surface area contributed by atoms with Crippen LogP contribution in [0.2, 0.25) is 0 Å². The fourth-order valence-electron chi connectivity index (χ4n) is 6.84. The average molecular weight is 534 g/mol. The van der Waals surface area contributed by atoms with E-state index in [-0.39, 0.29) is 17.7 Å². The number of aryl methyl sites for hydroxylation is 1. The molecule has 9 nitrogen and oxygen atoms in total. The third kappa shape index (κ3) is 3.31. The monoisotopic (exact) mass is 533 g/mol. The first-order valence-electron chi connectivity index (χ1n) is 13.3. The molecule has 0 unspecified atom stereocenters. The molecule has 200 valence electrons. The van der Waals surface area contributed by atoms with Crippen LogP contribution in [0, 0.1) is 18.8 Å². The maximum absolute atomic E-state index is 14.2. The van der Waals surface area contributed by atoms with E-state index in [1.165, 1.54) is 11.8 Å². The number of nitrogens with zero attached hydrogens (tertiary/aromatic N) is 1. The molecule has 4 heterocycles. The molecule has 7 rings (SSSR count). The molecule has 4 atom stereocenters. The van der Waals surface area contributed by atoms with Crippen LogP contribution in [0.1, 0.15) is 23.6 Å². The van der Waals surface area contributed by atoms with Crippen LogP contribution in [0.4, 0.5) is 17.1 Å². The minimum Gasteiger partial charge on any atom is -0.361 e. The van der Waals surface area contributed by atoms with Crippen LogP contribution in [0.15, 0.2) is 72.9 Å². The van der Waals surface area contributed by atoms with Crippen molar-refractivity contribution in [2.24, 2.45) is 11.8 Å². The van der Waals surface area contributed by atoms with E-state index in [0.29, 0.717) is 29.0 Å². The predicted molar refractivity (Wildman–Crippen MR) is 151 cm³/mol. The number of para-hydroxylation sites is 2. The van der Waals surface area contributed by atoms with E-state index in [4.69, 9.17) is 0 Å². The lowest BCUT2D eigenvalue weighted by atomic mass is 9.76. The molecule has 2 fully saturated rings. The molecule has 0 saturated carbocycles. The number of fused-ring (bicyclic) bond motifs is 5. The molecular formula is C31H27N5O4. The van der Waals surface area contributed by atoms with E-state index in [2.05, 4.69) is 20.9 Å². The highest BCUT2D eigenvalue weighted by atomic mass is 16.2. The average Bonchev–Trinajstić information content (AvgIpc) is 3.64. The van der Waals surface area contributed by atoms with Gasteiger partial charge in [0.2, 0.25) is 23.6 Å². The topological polar surface area (TPSA) is 123 Å². The van der Waals surface area contributed by atoms with Crippen LogP contribution >= 0.6 is 0 Å². The maximum atomic E-state index is 14.2. The van der Waals surface area contributed by atoms with Gasteiger partial charge in [0.25, 0.3) is 0 Å². The molecule has 3 aromatic carbocycles. The Morgan fingerprint density at radius 2 is 1.75 bits per heavy atom. The van der Waals surface area contributed by atoms with Crippen molar-refractivity contribution in [2.45, 2.75) is 31.8 Å². The molecule has 9 heteroatoms. The van der Waals surface area contributed by atoms with E-state index in [1.54, 1.807) is 24.3 Å². The Morgan fingerprint density at radius 1 is 0.975 bits per heavy atom. The van der Waals surface area contributed by atoms with Crippen molar-refractivity contribution in [3.8, 4) is 0 Å². The van der Waals surface area contributed by atoms with Gasteiger partial charge in [-0.15, -0.1) is 0 Å². The Kier molecular flexibility index (Phi) is 5.24. The first-order valence-corrected chi connectivity index (χ1v) is 13.3. The number of carbonyl (C=O) groups excluding carboxylic acids is 4. The zero-order valence-corrected chi connectivity index (χ0v) is 21.9. The summed E-state index contributed by atoms with van der Waals surface area (Å²) in [4.78, 5) is 58.2. The van der Waals surface area contributed by atoms with Crippen LogP contribution in [-0.4, -0.2) is 34.7 Å². The second kappa shape index (κ2) is 8.62. The van der Waals surface area contributed by atoms with Crippen LogP contribution < -0.4 is 20.9 Å². The van der Waals surface area contributed by atoms with Crippen molar-refractivity contribution in [1.82, 2.24) is 10.3 Å². The van der Waals surface area contributed by atoms with Crippen LogP contribution in [0.5, 0.6) is 0 Å². The first-order chi connectivity index (χ1) is 19.3. The van der Waals surface area contributed by atoms with Crippen LogP contribution in [-0.2, 0) is 31.1 Å². The van der Waals surface area contributed by atoms with Crippen LogP contribution in [0.25, 0.3) is 10.9 Å². The highest BCUT2D eigenvalue weighted by Gasteiger charge is 2.70. The lowest BCUT2D eigenvalue weighted by Gasteiger charge is -2.29. The van der Waals surface area contributed by atoms with Gasteiger partial charge < -0.3 is 15.6 Å². The quantitative estimate of drug-likeness (QED) is 0.299. The molecule has 1 spiro atoms. The Morgan fingerprint density at radius 3 is 2.52 bits per heavy atom. The number of rotatable bonds is 4. The fraction of sp³-hybridized carbons (Fsp3) is 0.226. The number of anilines is 3. The molecule has 4 N–H and O–H groups in total. The van der Waals surface area contributed by atoms with E-state index < -0.39 is 29.3 Å². The number of nitrogens with one attached hydrogen (secondary N) is 4. The molecule has 0 aliphatic carbocycles. The summed E-state index contributed by atoms with van der Waals surface area (Å²) in [6, 6.07) is 19.7. The Hall–Kier alpha value is -4.76. The van der Waals surface area contributed by atoms with Crippen molar-refractivity contribution in [1.29, 1.82) is 0 Å². The number of hydrogen-bond donors (Lipinski definition) is 4. The van der Waals surface area contributed by atoms with E-state index in [0.717, 1.165) is 22.0 Å². The van der Waals surface area contributed by atoms with Crippen molar-refractivity contribution >= 4 is 51.6 Å². The maximum Gasteiger partial charge on any atom is 0.250 e. The fourth-order valence-corrected chi connectivity index (χ4v) is 6.84. The summed E-state index contributed by atoms with van der Waals surface area (Å²) in [5, 5.41) is 10.3. The summed E-state index contributed by atoms with van der Waals surface area (Å²) >= 11 is 0. The van der Waals surface area contributed by atoms with Crippen molar-refractivity contribution in [3.05, 3.63) is 89.6 Å². The lowest BCUT2D eigenvalue weighted by Crippen LogP contribution is -2.53. The van der Waals surface area contributed by atoms with Gasteiger partial charge in [0.1, 0.15) is 5.54 Å². The van der Waals surface area contributed by atoms with Gasteiger partial charge in [-0.05, 0) is 54.8 Å². The van der Waals surface area contributed by atoms with Crippen molar-refractivity contribution in [2.75, 3.05) is 15.5 Å². The van der Waals surface area contributed by atoms with Gasteiger partial charge in [-0.1, -0.05) is 36.4 Å². The highest BCUT2D eigenvalue weighted by Crippen LogP contribution is 2.54. The minimum absolute atomic E-state index is 0.218. The highest BCUT2D eigenvalue weighted by molar-refractivity contribution is 6.26. The van der Waals surface area contributed by atoms with Gasteiger partial charge in [-0.2, -0.15) is 0 Å². The van der Waals surface area contributed by atoms with Gasteiger partial charge in [0.05, 0.1) is 17.5 Å². The molecule has 3 aliphatic heterocycles. The second-order valence-corrected chi connectivity index (χ2v) is 10.8. The number of amides is 4. The third-order valence-corrected chi connectivity index (χ3v) is 8.52. The number of H-pyrrole nitrogens is 1. The van der Waals surface area contributed by atoms with Crippen molar-refractivity contribution < 1.29 is 19.2 Å². The normalized spacial score (nSPS) is 25.0. The summed E-state index contributed by atoms with van der Waals surface area (Å²) in [6.07, 6.45) is 2.38. The summed E-state index contributed by atoms with van der Waals surface area (Å²) < 4.78 is 0. The number of hydrogen-bond acceptors (Lipinski definition) is 5. The third-order valence-electron chi connectivity index (χ3n) is 8.52. The minimum atomic E-state index is -1.37. The Labute approximate surface area is 229 Å². The summed E-state index contributed by atoms with van der Waals surface area (Å²) in [5.41, 5.74) is 3.85. The SMILES string of the molecule is CC(=O)Nc1ccc(N2C(=O)[C@H]3[C@@H](C2=O)[C@]2(N[C@@H]3Cc3c[nH]c4ccccc34)C(=O)Nc3c(C)cccc32)cc1. The molecular weight excluding hydrogens is 506 g/mol. The standard InChI is InChI=1S/C31H27N5O4/c1-16-6-5-8-22-27(16)34-30(40)31(22)26-25(24(35-31)14-18-15-32-23-9-4-3-7-21(18)23)28(38)36(29(26)39)20-12-10-19(11-13-20)33-17(2)37/h3-13,15,24-26,32,35H,14H2,1-2H3,(H,33,37)(H,34,40)/t24-,25-,26+,31+/m1/s1. The molecule has 2 saturated heterocycles. The van der Waals surface area contributed by atoms with E-state index in [1.807, 2.05) is 55.6 Å².